The van der Waals surface area contributed by atoms with E-state index in [0.717, 1.165) is 11.3 Å². The van der Waals surface area contributed by atoms with Gasteiger partial charge in [-0.2, -0.15) is 0 Å². The lowest BCUT2D eigenvalue weighted by Gasteiger charge is -2.20. The number of carbonyl (C=O) groups excluding carboxylic acids is 2. The van der Waals surface area contributed by atoms with Crippen molar-refractivity contribution in [2.75, 3.05) is 19.0 Å². The molecule has 0 aromatic heterocycles. The first-order valence-corrected chi connectivity index (χ1v) is 7.59. The number of anilines is 1. The molecule has 1 aliphatic rings. The molecule has 3 rings (SSSR count). The van der Waals surface area contributed by atoms with Crippen LogP contribution in [0.5, 0.6) is 11.5 Å². The minimum atomic E-state index is -0.225. The highest BCUT2D eigenvalue weighted by Gasteiger charge is 2.19. The van der Waals surface area contributed by atoms with Crippen LogP contribution in [0.25, 0.3) is 0 Å². The number of amides is 2. The number of nitrogens with one attached hydrogen (secondary N) is 2. The number of ether oxygens (including phenoxy) is 2. The quantitative estimate of drug-likeness (QED) is 0.905. The smallest absolute Gasteiger partial charge is 0.262 e. The Morgan fingerprint density at radius 2 is 2.08 bits per heavy atom. The van der Waals surface area contributed by atoms with Gasteiger partial charge in [-0.05, 0) is 31.2 Å². The van der Waals surface area contributed by atoms with Crippen LogP contribution in [0, 0.1) is 0 Å². The molecule has 0 saturated heterocycles. The molecule has 2 aromatic carbocycles. The van der Waals surface area contributed by atoms with Gasteiger partial charge in [-0.1, -0.05) is 18.2 Å². The molecule has 24 heavy (non-hydrogen) atoms. The van der Waals surface area contributed by atoms with Crippen molar-refractivity contribution in [1.82, 2.24) is 5.32 Å². The summed E-state index contributed by atoms with van der Waals surface area (Å²) in [5.74, 6) is 0.787. The summed E-state index contributed by atoms with van der Waals surface area (Å²) in [6.45, 7) is 1.85. The van der Waals surface area contributed by atoms with Crippen LogP contribution in [-0.4, -0.2) is 25.5 Å². The molecule has 1 aliphatic heterocycles. The first kappa shape index (κ1) is 15.9. The molecule has 0 aliphatic carbocycles. The van der Waals surface area contributed by atoms with Crippen molar-refractivity contribution in [2.45, 2.75) is 13.0 Å². The molecule has 6 nitrogen and oxygen atoms in total. The fourth-order valence-electron chi connectivity index (χ4n) is 2.60. The van der Waals surface area contributed by atoms with E-state index in [4.69, 9.17) is 9.47 Å². The van der Waals surface area contributed by atoms with E-state index in [-0.39, 0.29) is 24.5 Å². The Bertz CT molecular complexity index is 788. The summed E-state index contributed by atoms with van der Waals surface area (Å²) < 4.78 is 10.7. The summed E-state index contributed by atoms with van der Waals surface area (Å²) in [4.78, 5) is 23.8. The van der Waals surface area contributed by atoms with E-state index in [2.05, 4.69) is 10.6 Å². The van der Waals surface area contributed by atoms with Crippen molar-refractivity contribution in [3.8, 4) is 11.5 Å². The van der Waals surface area contributed by atoms with Crippen molar-refractivity contribution in [3.05, 3.63) is 53.6 Å². The standard InChI is InChI=1S/C18H18N2O4/c1-11(13-5-3-4-6-15(13)23-2)19-18(22)12-7-8-14-16(9-12)24-10-17(21)20-14/h3-9,11H,10H2,1-2H3,(H,19,22)(H,20,21). The van der Waals surface area contributed by atoms with E-state index < -0.39 is 0 Å². The van der Waals surface area contributed by atoms with Gasteiger partial charge in [0.2, 0.25) is 0 Å². The third-order valence-corrected chi connectivity index (χ3v) is 3.83. The lowest BCUT2D eigenvalue weighted by Crippen LogP contribution is -2.28. The number of rotatable bonds is 4. The molecule has 0 fully saturated rings. The number of fused-ring (bicyclic) bond motifs is 1. The summed E-state index contributed by atoms with van der Waals surface area (Å²) in [6, 6.07) is 12.3. The first-order chi connectivity index (χ1) is 11.6. The molecule has 1 atom stereocenters. The molecule has 6 heteroatoms. The molecule has 2 N–H and O–H groups in total. The minimum absolute atomic E-state index is 0.0459. The monoisotopic (exact) mass is 326 g/mol. The lowest BCUT2D eigenvalue weighted by molar-refractivity contribution is -0.118. The highest BCUT2D eigenvalue weighted by Crippen LogP contribution is 2.29. The second kappa shape index (κ2) is 6.62. The van der Waals surface area contributed by atoms with Crippen LogP contribution >= 0.6 is 0 Å². The Morgan fingerprint density at radius 1 is 1.29 bits per heavy atom. The molecular formula is C18H18N2O4. The van der Waals surface area contributed by atoms with E-state index in [1.165, 1.54) is 0 Å². The Morgan fingerprint density at radius 3 is 2.88 bits per heavy atom. The SMILES string of the molecule is COc1ccccc1C(C)NC(=O)c1ccc2c(c1)OCC(=O)N2. The average molecular weight is 326 g/mol. The fraction of sp³-hybridized carbons (Fsp3) is 0.222. The normalized spacial score (nSPS) is 14.0. The molecule has 0 bridgehead atoms. The number of benzene rings is 2. The largest absolute Gasteiger partial charge is 0.496 e. The Kier molecular flexibility index (Phi) is 4.37. The number of hydrogen-bond acceptors (Lipinski definition) is 4. The van der Waals surface area contributed by atoms with Crippen molar-refractivity contribution in [2.24, 2.45) is 0 Å². The van der Waals surface area contributed by atoms with Crippen molar-refractivity contribution >= 4 is 17.5 Å². The fourth-order valence-corrected chi connectivity index (χ4v) is 2.60. The molecular weight excluding hydrogens is 308 g/mol. The van der Waals surface area contributed by atoms with E-state index in [9.17, 15) is 9.59 Å². The molecule has 124 valence electrons. The van der Waals surface area contributed by atoms with E-state index in [1.54, 1.807) is 25.3 Å². The number of para-hydroxylation sites is 1. The van der Waals surface area contributed by atoms with Gasteiger partial charge >= 0.3 is 0 Å². The maximum Gasteiger partial charge on any atom is 0.262 e. The summed E-state index contributed by atoms with van der Waals surface area (Å²) >= 11 is 0. The van der Waals surface area contributed by atoms with Gasteiger partial charge in [-0.15, -0.1) is 0 Å². The van der Waals surface area contributed by atoms with Gasteiger partial charge in [0.25, 0.3) is 11.8 Å². The third-order valence-electron chi connectivity index (χ3n) is 3.83. The third kappa shape index (κ3) is 3.17. The highest BCUT2D eigenvalue weighted by molar-refractivity contribution is 5.99. The summed E-state index contributed by atoms with van der Waals surface area (Å²) in [5.41, 5.74) is 1.93. The predicted octanol–water partition coefficient (Wildman–Crippen LogP) is 2.52. The van der Waals surface area contributed by atoms with E-state index in [1.807, 2.05) is 31.2 Å². The predicted molar refractivity (Wildman–Crippen MR) is 89.4 cm³/mol. The van der Waals surface area contributed by atoms with Crippen LogP contribution < -0.4 is 20.1 Å². The Labute approximate surface area is 139 Å². The molecule has 1 unspecified atom stereocenters. The van der Waals surface area contributed by atoms with Crippen LogP contribution in [0.3, 0.4) is 0 Å². The van der Waals surface area contributed by atoms with E-state index >= 15 is 0 Å². The van der Waals surface area contributed by atoms with Gasteiger partial charge < -0.3 is 20.1 Å². The van der Waals surface area contributed by atoms with Crippen molar-refractivity contribution in [3.63, 3.8) is 0 Å². The molecule has 2 aromatic rings. The van der Waals surface area contributed by atoms with Gasteiger partial charge in [0, 0.05) is 11.1 Å². The Hall–Kier alpha value is -3.02. The van der Waals surface area contributed by atoms with Gasteiger partial charge in [-0.3, -0.25) is 9.59 Å². The maximum atomic E-state index is 12.5. The Balaban J connectivity index is 1.76. The van der Waals surface area contributed by atoms with Crippen LogP contribution in [0.15, 0.2) is 42.5 Å². The second-order valence-electron chi connectivity index (χ2n) is 5.48. The average Bonchev–Trinajstić information content (AvgIpc) is 2.61. The lowest BCUT2D eigenvalue weighted by atomic mass is 10.1. The summed E-state index contributed by atoms with van der Waals surface area (Å²) in [6.07, 6.45) is 0. The molecule has 0 spiro atoms. The van der Waals surface area contributed by atoms with Crippen molar-refractivity contribution < 1.29 is 19.1 Å². The minimum Gasteiger partial charge on any atom is -0.496 e. The summed E-state index contributed by atoms with van der Waals surface area (Å²) in [5, 5.41) is 5.64. The number of carbonyl (C=O) groups is 2. The number of hydrogen-bond donors (Lipinski definition) is 2. The zero-order valence-electron chi connectivity index (χ0n) is 13.5. The zero-order valence-corrected chi connectivity index (χ0v) is 13.5. The van der Waals surface area contributed by atoms with Crippen LogP contribution in [0.1, 0.15) is 28.9 Å². The zero-order chi connectivity index (χ0) is 17.1. The van der Waals surface area contributed by atoms with E-state index in [0.29, 0.717) is 17.0 Å². The maximum absolute atomic E-state index is 12.5. The van der Waals surface area contributed by atoms with Gasteiger partial charge in [-0.25, -0.2) is 0 Å². The van der Waals surface area contributed by atoms with Gasteiger partial charge in [0.05, 0.1) is 18.8 Å². The molecule has 1 heterocycles. The highest BCUT2D eigenvalue weighted by atomic mass is 16.5. The van der Waals surface area contributed by atoms with Crippen molar-refractivity contribution in [1.29, 1.82) is 0 Å². The van der Waals surface area contributed by atoms with Gasteiger partial charge in [0.15, 0.2) is 6.61 Å². The molecule has 0 saturated carbocycles. The second-order valence-corrected chi connectivity index (χ2v) is 5.48. The molecule has 2 amide bonds. The van der Waals surface area contributed by atoms with Crippen LogP contribution in [0.2, 0.25) is 0 Å². The topological polar surface area (TPSA) is 76.7 Å². The number of methoxy groups -OCH3 is 1. The first-order valence-electron chi connectivity index (χ1n) is 7.59. The summed E-state index contributed by atoms with van der Waals surface area (Å²) in [7, 11) is 1.60. The van der Waals surface area contributed by atoms with Crippen LogP contribution in [0.4, 0.5) is 5.69 Å². The molecule has 0 radical (unpaired) electrons. The van der Waals surface area contributed by atoms with Gasteiger partial charge in [0.1, 0.15) is 11.5 Å². The van der Waals surface area contributed by atoms with Crippen LogP contribution in [-0.2, 0) is 4.79 Å².